The highest BCUT2D eigenvalue weighted by molar-refractivity contribution is 5.86. The predicted molar refractivity (Wildman–Crippen MR) is 98.9 cm³/mol. The van der Waals surface area contributed by atoms with Crippen LogP contribution in [0.25, 0.3) is 11.3 Å². The first-order valence-electron chi connectivity index (χ1n) is 8.67. The van der Waals surface area contributed by atoms with Crippen molar-refractivity contribution in [1.29, 1.82) is 0 Å². The number of hydrogen-bond acceptors (Lipinski definition) is 5. The number of hydrogen-bond donors (Lipinski definition) is 1. The molecule has 7 nitrogen and oxygen atoms in total. The van der Waals surface area contributed by atoms with Crippen molar-refractivity contribution in [3.8, 4) is 17.0 Å². The van der Waals surface area contributed by atoms with Gasteiger partial charge in [-0.05, 0) is 20.8 Å². The minimum Gasteiger partial charge on any atom is -0.487 e. The Labute approximate surface area is 157 Å². The number of carboxylic acid groups (broad SMARTS) is 1. The molecule has 0 atom stereocenters. The van der Waals surface area contributed by atoms with Crippen molar-refractivity contribution in [1.82, 2.24) is 9.88 Å². The smallest absolute Gasteiger partial charge is 0.410 e. The van der Waals surface area contributed by atoms with E-state index in [9.17, 15) is 14.7 Å². The molecule has 1 aromatic heterocycles. The second-order valence-corrected chi connectivity index (χ2v) is 7.37. The Morgan fingerprint density at radius 1 is 1.15 bits per heavy atom. The van der Waals surface area contributed by atoms with Crippen molar-refractivity contribution in [3.63, 3.8) is 0 Å². The van der Waals surface area contributed by atoms with Gasteiger partial charge < -0.3 is 19.5 Å². The van der Waals surface area contributed by atoms with Gasteiger partial charge in [0, 0.05) is 17.7 Å². The fourth-order valence-corrected chi connectivity index (χ4v) is 2.62. The minimum absolute atomic E-state index is 0.0883. The average molecular weight is 370 g/mol. The zero-order valence-electron chi connectivity index (χ0n) is 15.5. The van der Waals surface area contributed by atoms with E-state index in [2.05, 4.69) is 4.98 Å². The van der Waals surface area contributed by atoms with E-state index in [0.29, 0.717) is 24.5 Å². The molecule has 0 radical (unpaired) electrons. The molecule has 27 heavy (non-hydrogen) atoms. The van der Waals surface area contributed by atoms with Crippen molar-refractivity contribution in [2.45, 2.75) is 32.5 Å². The van der Waals surface area contributed by atoms with Crippen LogP contribution in [0.5, 0.6) is 5.75 Å². The van der Waals surface area contributed by atoms with Crippen molar-refractivity contribution in [2.75, 3.05) is 13.1 Å². The van der Waals surface area contributed by atoms with E-state index in [0.717, 1.165) is 5.56 Å². The van der Waals surface area contributed by atoms with Crippen molar-refractivity contribution < 1.29 is 24.2 Å². The molecule has 1 aromatic carbocycles. The van der Waals surface area contributed by atoms with E-state index in [-0.39, 0.29) is 17.9 Å². The lowest BCUT2D eigenvalue weighted by Gasteiger charge is -2.39. The quantitative estimate of drug-likeness (QED) is 0.887. The summed E-state index contributed by atoms with van der Waals surface area (Å²) in [4.78, 5) is 29.1. The van der Waals surface area contributed by atoms with Gasteiger partial charge in [-0.3, -0.25) is 0 Å². The number of rotatable bonds is 4. The predicted octanol–water partition coefficient (Wildman–Crippen LogP) is 3.44. The maximum Gasteiger partial charge on any atom is 0.410 e. The summed E-state index contributed by atoms with van der Waals surface area (Å²) in [6.45, 7) is 6.22. The number of carbonyl (C=O) groups excluding carboxylic acids is 1. The number of amides is 1. The SMILES string of the molecule is CC(C)(C)OC(=O)N1CC(Oc2cc(C(=O)O)nc(-c3ccccc3)c2)C1. The normalized spacial score (nSPS) is 14.4. The maximum absolute atomic E-state index is 12.0. The Morgan fingerprint density at radius 2 is 1.81 bits per heavy atom. The number of benzene rings is 1. The fourth-order valence-electron chi connectivity index (χ4n) is 2.62. The van der Waals surface area contributed by atoms with Crippen LogP contribution in [0.1, 0.15) is 31.3 Å². The van der Waals surface area contributed by atoms with E-state index >= 15 is 0 Å². The molecule has 1 N–H and O–H groups in total. The summed E-state index contributed by atoms with van der Waals surface area (Å²) in [6, 6.07) is 12.4. The molecular weight excluding hydrogens is 348 g/mol. The first-order valence-corrected chi connectivity index (χ1v) is 8.67. The van der Waals surface area contributed by atoms with Gasteiger partial charge in [-0.15, -0.1) is 0 Å². The lowest BCUT2D eigenvalue weighted by Crippen LogP contribution is -2.57. The Hall–Kier alpha value is -3.09. The maximum atomic E-state index is 12.0. The van der Waals surface area contributed by atoms with Crippen molar-refractivity contribution >= 4 is 12.1 Å². The molecule has 1 aliphatic heterocycles. The first-order chi connectivity index (χ1) is 12.7. The highest BCUT2D eigenvalue weighted by Crippen LogP contribution is 2.26. The van der Waals surface area contributed by atoms with E-state index in [1.807, 2.05) is 51.1 Å². The van der Waals surface area contributed by atoms with E-state index in [1.165, 1.54) is 6.07 Å². The Bertz CT molecular complexity index is 839. The van der Waals surface area contributed by atoms with Gasteiger partial charge in [-0.2, -0.15) is 0 Å². The summed E-state index contributed by atoms with van der Waals surface area (Å²) in [5, 5.41) is 9.32. The van der Waals surface area contributed by atoms with Crippen LogP contribution in [0.2, 0.25) is 0 Å². The highest BCUT2D eigenvalue weighted by Gasteiger charge is 2.35. The van der Waals surface area contributed by atoms with Crippen LogP contribution < -0.4 is 4.74 Å². The minimum atomic E-state index is -1.12. The van der Waals surface area contributed by atoms with Crippen LogP contribution in [0.3, 0.4) is 0 Å². The molecule has 7 heteroatoms. The number of pyridine rings is 1. The number of carbonyl (C=O) groups is 2. The summed E-state index contributed by atoms with van der Waals surface area (Å²) in [5.41, 5.74) is 0.688. The molecule has 0 spiro atoms. The third kappa shape index (κ3) is 4.75. The zero-order chi connectivity index (χ0) is 19.6. The van der Waals surface area contributed by atoms with E-state index in [4.69, 9.17) is 9.47 Å². The van der Waals surface area contributed by atoms with Gasteiger partial charge >= 0.3 is 12.1 Å². The van der Waals surface area contributed by atoms with Gasteiger partial charge in [-0.25, -0.2) is 14.6 Å². The standard InChI is InChI=1S/C20H22N2O5/c1-20(2,3)27-19(25)22-11-15(12-22)26-14-9-16(13-7-5-4-6-8-13)21-17(10-14)18(23)24/h4-10,15H,11-12H2,1-3H3,(H,23,24). The molecule has 0 aliphatic carbocycles. The molecule has 0 unspecified atom stereocenters. The largest absolute Gasteiger partial charge is 0.487 e. The summed E-state index contributed by atoms with van der Waals surface area (Å²) in [5.74, 6) is -0.711. The van der Waals surface area contributed by atoms with Crippen molar-refractivity contribution in [2.24, 2.45) is 0 Å². The summed E-state index contributed by atoms with van der Waals surface area (Å²) in [6.07, 6.45) is -0.599. The molecule has 1 amide bonds. The third-order valence-corrected chi connectivity index (χ3v) is 3.89. The number of carboxylic acids is 1. The highest BCUT2D eigenvalue weighted by atomic mass is 16.6. The van der Waals surface area contributed by atoms with Crippen LogP contribution in [-0.2, 0) is 4.74 Å². The fraction of sp³-hybridized carbons (Fsp3) is 0.350. The second-order valence-electron chi connectivity index (χ2n) is 7.37. The molecule has 0 bridgehead atoms. The topological polar surface area (TPSA) is 89.0 Å². The van der Waals surface area contributed by atoms with Gasteiger partial charge in [0.15, 0.2) is 5.69 Å². The lowest BCUT2D eigenvalue weighted by atomic mass is 10.1. The molecule has 2 aromatic rings. The van der Waals surface area contributed by atoms with Gasteiger partial charge in [0.2, 0.25) is 0 Å². The van der Waals surface area contributed by atoms with Crippen molar-refractivity contribution in [3.05, 3.63) is 48.2 Å². The number of ether oxygens (including phenoxy) is 2. The number of likely N-dealkylation sites (tertiary alicyclic amines) is 1. The molecule has 142 valence electrons. The molecule has 3 rings (SSSR count). The van der Waals surface area contributed by atoms with Crippen LogP contribution in [-0.4, -0.2) is 51.8 Å². The molecule has 0 saturated carbocycles. The summed E-state index contributed by atoms with van der Waals surface area (Å²) in [7, 11) is 0. The zero-order valence-corrected chi connectivity index (χ0v) is 15.5. The van der Waals surface area contributed by atoms with Gasteiger partial charge in [-0.1, -0.05) is 30.3 Å². The molecular formula is C20H22N2O5. The van der Waals surface area contributed by atoms with Gasteiger partial charge in [0.25, 0.3) is 0 Å². The molecule has 1 saturated heterocycles. The number of aromatic nitrogens is 1. The van der Waals surface area contributed by atoms with E-state index in [1.54, 1.807) is 11.0 Å². The monoisotopic (exact) mass is 370 g/mol. The molecule has 1 aliphatic rings. The van der Waals surface area contributed by atoms with Crippen LogP contribution >= 0.6 is 0 Å². The Balaban J connectivity index is 1.70. The lowest BCUT2D eigenvalue weighted by molar-refractivity contribution is -0.0221. The second kappa shape index (κ2) is 7.26. The summed E-state index contributed by atoms with van der Waals surface area (Å²) < 4.78 is 11.2. The van der Waals surface area contributed by atoms with E-state index < -0.39 is 11.6 Å². The van der Waals surface area contributed by atoms with Crippen LogP contribution in [0, 0.1) is 0 Å². The molecule has 1 fully saturated rings. The number of nitrogens with zero attached hydrogens (tertiary/aromatic N) is 2. The summed E-state index contributed by atoms with van der Waals surface area (Å²) >= 11 is 0. The van der Waals surface area contributed by atoms with Gasteiger partial charge in [0.05, 0.1) is 18.8 Å². The first kappa shape index (κ1) is 18.7. The van der Waals surface area contributed by atoms with Crippen LogP contribution in [0.4, 0.5) is 4.79 Å². The average Bonchev–Trinajstić information content (AvgIpc) is 2.56. The third-order valence-electron chi connectivity index (χ3n) is 3.89. The number of aromatic carboxylic acids is 1. The Kier molecular flexibility index (Phi) is 5.03. The molecule has 2 heterocycles. The van der Waals surface area contributed by atoms with Crippen LogP contribution in [0.15, 0.2) is 42.5 Å². The Morgan fingerprint density at radius 3 is 2.41 bits per heavy atom. The van der Waals surface area contributed by atoms with Gasteiger partial charge in [0.1, 0.15) is 17.5 Å².